The Morgan fingerprint density at radius 1 is 1.23 bits per heavy atom. The minimum atomic E-state index is -4.73. The van der Waals surface area contributed by atoms with Crippen LogP contribution in [0.5, 0.6) is 0 Å². The van der Waals surface area contributed by atoms with Gasteiger partial charge in [-0.3, -0.25) is 4.90 Å². The van der Waals surface area contributed by atoms with Crippen molar-refractivity contribution in [2.24, 2.45) is 0 Å². The molecule has 0 aliphatic carbocycles. The fraction of sp³-hybridized carbons (Fsp3) is 0.500. The zero-order valence-electron chi connectivity index (χ0n) is 14.4. The van der Waals surface area contributed by atoms with Gasteiger partial charge >= 0.3 is 6.18 Å². The summed E-state index contributed by atoms with van der Waals surface area (Å²) < 4.78 is 46.1. The van der Waals surface area contributed by atoms with Gasteiger partial charge < -0.3 is 9.84 Å². The quantitative estimate of drug-likeness (QED) is 0.848. The molecule has 140 valence electrons. The predicted molar refractivity (Wildman–Crippen MR) is 87.7 cm³/mol. The summed E-state index contributed by atoms with van der Waals surface area (Å²) in [5, 5.41) is 14.3. The molecule has 0 bridgehead atoms. The second kappa shape index (κ2) is 5.80. The monoisotopic (exact) mass is 367 g/mol. The van der Waals surface area contributed by atoms with Crippen LogP contribution in [0, 0.1) is 0 Å². The number of ether oxygens (including phenoxy) is 1. The molecular weight excluding hydrogens is 347 g/mol. The van der Waals surface area contributed by atoms with Gasteiger partial charge in [0, 0.05) is 24.6 Å². The summed E-state index contributed by atoms with van der Waals surface area (Å²) in [6.07, 6.45) is -4.97. The number of nitrogens with zero attached hydrogens (tertiary/aromatic N) is 3. The molecule has 1 saturated heterocycles. The molecule has 0 amide bonds. The Balaban J connectivity index is 1.55. The van der Waals surface area contributed by atoms with Crippen molar-refractivity contribution in [2.45, 2.75) is 50.4 Å². The molecule has 0 radical (unpaired) electrons. The van der Waals surface area contributed by atoms with Gasteiger partial charge in [-0.15, -0.1) is 0 Å². The van der Waals surface area contributed by atoms with Crippen LogP contribution in [0.2, 0.25) is 0 Å². The molecule has 2 aliphatic rings. The fourth-order valence-electron chi connectivity index (χ4n) is 3.68. The summed E-state index contributed by atoms with van der Waals surface area (Å²) >= 11 is 0. The van der Waals surface area contributed by atoms with Crippen LogP contribution in [-0.4, -0.2) is 50.4 Å². The van der Waals surface area contributed by atoms with E-state index in [4.69, 9.17) is 4.74 Å². The fourth-order valence-corrected chi connectivity index (χ4v) is 3.68. The smallest absolute Gasteiger partial charge is 0.378 e. The summed E-state index contributed by atoms with van der Waals surface area (Å²) in [4.78, 5) is 1.84. The van der Waals surface area contributed by atoms with E-state index in [0.29, 0.717) is 13.1 Å². The van der Waals surface area contributed by atoms with Gasteiger partial charge in [0.05, 0.1) is 17.6 Å². The number of alkyl halides is 3. The van der Waals surface area contributed by atoms with E-state index < -0.39 is 24.1 Å². The van der Waals surface area contributed by atoms with Crippen molar-refractivity contribution in [3.63, 3.8) is 0 Å². The average Bonchev–Trinajstić information content (AvgIpc) is 3.28. The van der Waals surface area contributed by atoms with Crippen LogP contribution < -0.4 is 0 Å². The maximum Gasteiger partial charge on any atom is 0.419 e. The number of aromatic nitrogens is 2. The molecule has 4 atom stereocenters. The molecule has 3 heterocycles. The van der Waals surface area contributed by atoms with Gasteiger partial charge in [0.25, 0.3) is 0 Å². The first-order valence-electron chi connectivity index (χ1n) is 8.51. The van der Waals surface area contributed by atoms with Crippen LogP contribution in [0.3, 0.4) is 0 Å². The van der Waals surface area contributed by atoms with Crippen molar-refractivity contribution in [1.29, 1.82) is 0 Å². The minimum absolute atomic E-state index is 0.0714. The molecule has 1 fully saturated rings. The van der Waals surface area contributed by atoms with E-state index in [-0.39, 0.29) is 5.92 Å². The SMILES string of the molecule is C[C@H]1CN(C2OC2[C@@](C)(O)C(F)(F)F)Cc2cnn(-c3ccccc3)c21. The van der Waals surface area contributed by atoms with Crippen LogP contribution in [0.15, 0.2) is 36.5 Å². The lowest BCUT2D eigenvalue weighted by Crippen LogP contribution is -2.50. The first-order chi connectivity index (χ1) is 12.2. The van der Waals surface area contributed by atoms with Crippen LogP contribution in [0.4, 0.5) is 13.2 Å². The second-order valence-corrected chi connectivity index (χ2v) is 7.23. The normalized spacial score (nSPS) is 28.5. The van der Waals surface area contributed by atoms with E-state index in [1.165, 1.54) is 0 Å². The Morgan fingerprint density at radius 2 is 1.92 bits per heavy atom. The molecule has 0 saturated carbocycles. The zero-order valence-corrected chi connectivity index (χ0v) is 14.4. The highest BCUT2D eigenvalue weighted by Crippen LogP contribution is 2.45. The lowest BCUT2D eigenvalue weighted by atomic mass is 9.96. The zero-order chi connectivity index (χ0) is 18.7. The van der Waals surface area contributed by atoms with Gasteiger partial charge in [0.1, 0.15) is 12.3 Å². The maximum absolute atomic E-state index is 13.0. The third-order valence-electron chi connectivity index (χ3n) is 5.19. The van der Waals surface area contributed by atoms with Crippen molar-refractivity contribution in [3.8, 4) is 5.69 Å². The maximum atomic E-state index is 13.0. The Morgan fingerprint density at radius 3 is 2.58 bits per heavy atom. The van der Waals surface area contributed by atoms with Gasteiger partial charge in [-0.25, -0.2) is 4.68 Å². The summed E-state index contributed by atoms with van der Waals surface area (Å²) in [5.41, 5.74) is 0.130. The third kappa shape index (κ3) is 2.72. The Kier molecular flexibility index (Phi) is 3.91. The molecule has 8 heteroatoms. The van der Waals surface area contributed by atoms with Crippen molar-refractivity contribution >= 4 is 0 Å². The Labute approximate surface area is 149 Å². The standard InChI is InChI=1S/C18H20F3N3O2/c1-11-9-23(16-15(26-16)17(2,25)18(19,20)21)10-12-8-22-24(14(11)12)13-6-4-3-5-7-13/h3-8,11,15-16,25H,9-10H2,1-2H3/t11-,15?,16?,17+/m0/s1. The van der Waals surface area contributed by atoms with Crippen molar-refractivity contribution in [1.82, 2.24) is 14.7 Å². The van der Waals surface area contributed by atoms with E-state index in [2.05, 4.69) is 5.10 Å². The molecule has 1 aromatic heterocycles. The van der Waals surface area contributed by atoms with Gasteiger partial charge in [-0.1, -0.05) is 25.1 Å². The number of aliphatic hydroxyl groups is 1. The number of hydrogen-bond donors (Lipinski definition) is 1. The number of rotatable bonds is 3. The topological polar surface area (TPSA) is 53.8 Å². The highest BCUT2D eigenvalue weighted by atomic mass is 19.4. The van der Waals surface area contributed by atoms with Crippen LogP contribution in [0.25, 0.3) is 5.69 Å². The number of benzene rings is 1. The number of fused-ring (bicyclic) bond motifs is 1. The number of hydrogen-bond acceptors (Lipinski definition) is 4. The summed E-state index contributed by atoms with van der Waals surface area (Å²) in [5.74, 6) is 0.0714. The van der Waals surface area contributed by atoms with Gasteiger partial charge in [0.2, 0.25) is 0 Å². The highest BCUT2D eigenvalue weighted by molar-refractivity contribution is 5.37. The summed E-state index contributed by atoms with van der Waals surface area (Å²) in [6, 6.07) is 9.73. The Hall–Kier alpha value is -1.90. The van der Waals surface area contributed by atoms with Gasteiger partial charge in [-0.05, 0) is 19.1 Å². The first-order valence-corrected chi connectivity index (χ1v) is 8.51. The highest BCUT2D eigenvalue weighted by Gasteiger charge is 2.66. The van der Waals surface area contributed by atoms with E-state index in [1.807, 2.05) is 46.8 Å². The number of para-hydroxylation sites is 1. The molecular formula is C18H20F3N3O2. The van der Waals surface area contributed by atoms with E-state index >= 15 is 0 Å². The largest absolute Gasteiger partial charge is 0.419 e. The third-order valence-corrected chi connectivity index (χ3v) is 5.19. The summed E-state index contributed by atoms with van der Waals surface area (Å²) in [7, 11) is 0. The second-order valence-electron chi connectivity index (χ2n) is 7.23. The molecule has 26 heavy (non-hydrogen) atoms. The van der Waals surface area contributed by atoms with Gasteiger partial charge in [-0.2, -0.15) is 18.3 Å². The van der Waals surface area contributed by atoms with Gasteiger partial charge in [0.15, 0.2) is 5.60 Å². The molecule has 2 unspecified atom stereocenters. The van der Waals surface area contributed by atoms with E-state index in [9.17, 15) is 18.3 Å². The van der Waals surface area contributed by atoms with E-state index in [1.54, 1.807) is 6.20 Å². The van der Waals surface area contributed by atoms with Crippen LogP contribution in [-0.2, 0) is 11.3 Å². The van der Waals surface area contributed by atoms with Crippen molar-refractivity contribution in [2.75, 3.05) is 6.54 Å². The Bertz CT molecular complexity index is 804. The predicted octanol–water partition coefficient (Wildman–Crippen LogP) is 2.83. The molecule has 1 aromatic carbocycles. The average molecular weight is 367 g/mol. The summed E-state index contributed by atoms with van der Waals surface area (Å²) in [6.45, 7) is 3.78. The minimum Gasteiger partial charge on any atom is -0.378 e. The molecule has 4 rings (SSSR count). The molecule has 2 aromatic rings. The molecule has 0 spiro atoms. The lowest BCUT2D eigenvalue weighted by Gasteiger charge is -2.32. The van der Waals surface area contributed by atoms with E-state index in [0.717, 1.165) is 23.9 Å². The van der Waals surface area contributed by atoms with Crippen LogP contribution in [0.1, 0.15) is 31.0 Å². The number of halogens is 3. The lowest BCUT2D eigenvalue weighted by molar-refractivity contribution is -0.259. The first kappa shape index (κ1) is 17.5. The van der Waals surface area contributed by atoms with Crippen molar-refractivity contribution in [3.05, 3.63) is 47.8 Å². The number of epoxide rings is 1. The van der Waals surface area contributed by atoms with Crippen molar-refractivity contribution < 1.29 is 23.0 Å². The van der Waals surface area contributed by atoms with Crippen LogP contribution >= 0.6 is 0 Å². The molecule has 5 nitrogen and oxygen atoms in total. The molecule has 2 aliphatic heterocycles. The molecule has 1 N–H and O–H groups in total.